The molecule has 1 aliphatic rings. The fraction of sp³-hybridized carbons (Fsp3) is 0.818. The van der Waals surface area contributed by atoms with Crippen LogP contribution in [-0.4, -0.2) is 39.3 Å². The van der Waals surface area contributed by atoms with E-state index in [0.29, 0.717) is 20.0 Å². The van der Waals surface area contributed by atoms with Crippen molar-refractivity contribution >= 4 is 0 Å². The lowest BCUT2D eigenvalue weighted by molar-refractivity contribution is -0.127. The Balaban J connectivity index is 2.08. The quantitative estimate of drug-likeness (QED) is 0.500. The lowest BCUT2D eigenvalue weighted by atomic mass is 10.1. The molecular weight excluding hydrogens is 196 g/mol. The Morgan fingerprint density at radius 1 is 1.40 bits per heavy atom. The summed E-state index contributed by atoms with van der Waals surface area (Å²) in [7, 11) is 1.65. The first kappa shape index (κ1) is 12.5. The van der Waals surface area contributed by atoms with E-state index < -0.39 is 0 Å². The molecule has 0 aromatic rings. The average molecular weight is 216 g/mol. The van der Waals surface area contributed by atoms with Crippen LogP contribution in [0.5, 0.6) is 0 Å². The van der Waals surface area contributed by atoms with Crippen LogP contribution in [-0.2, 0) is 18.9 Å². The maximum Gasteiger partial charge on any atom is 0.147 e. The zero-order chi connectivity index (χ0) is 10.9. The van der Waals surface area contributed by atoms with Gasteiger partial charge in [-0.1, -0.05) is 0 Å². The maximum absolute atomic E-state index is 5.58. The van der Waals surface area contributed by atoms with Gasteiger partial charge in [0.05, 0.1) is 25.6 Å². The lowest BCUT2D eigenvalue weighted by Crippen LogP contribution is -2.28. The molecule has 1 heterocycles. The van der Waals surface area contributed by atoms with Gasteiger partial charge in [0.15, 0.2) is 0 Å². The van der Waals surface area contributed by atoms with Gasteiger partial charge in [-0.3, -0.25) is 0 Å². The molecule has 0 radical (unpaired) electrons. The number of hydrogen-bond acceptors (Lipinski definition) is 4. The molecule has 2 atom stereocenters. The third-order valence-electron chi connectivity index (χ3n) is 2.33. The second-order valence-electron chi connectivity index (χ2n) is 3.51. The van der Waals surface area contributed by atoms with Crippen LogP contribution in [0.4, 0.5) is 0 Å². The number of hydrogen-bond donors (Lipinski definition) is 0. The largest absolute Gasteiger partial charge is 0.496 e. The molecule has 0 saturated carbocycles. The van der Waals surface area contributed by atoms with Gasteiger partial charge in [0.2, 0.25) is 0 Å². The standard InChI is InChI=1S/C11H20O4/c1-10-11(5-3-4-6-14-10)15-9-13-8-7-12-2/h4,6,10-11H,3,5,7-9H2,1-2H3/t10-,11+/m0/s1. The molecule has 0 fully saturated rings. The summed E-state index contributed by atoms with van der Waals surface area (Å²) in [5, 5.41) is 0. The molecule has 4 nitrogen and oxygen atoms in total. The Kier molecular flexibility index (Phi) is 6.39. The van der Waals surface area contributed by atoms with E-state index in [1.54, 1.807) is 13.4 Å². The third-order valence-corrected chi connectivity index (χ3v) is 2.33. The highest BCUT2D eigenvalue weighted by Crippen LogP contribution is 2.15. The Labute approximate surface area is 91.1 Å². The van der Waals surface area contributed by atoms with Crippen molar-refractivity contribution in [1.29, 1.82) is 0 Å². The second-order valence-corrected chi connectivity index (χ2v) is 3.51. The molecule has 0 N–H and O–H groups in total. The van der Waals surface area contributed by atoms with Gasteiger partial charge in [-0.2, -0.15) is 0 Å². The third kappa shape index (κ3) is 5.16. The van der Waals surface area contributed by atoms with Gasteiger partial charge in [-0.15, -0.1) is 0 Å². The maximum atomic E-state index is 5.58. The van der Waals surface area contributed by atoms with Crippen molar-refractivity contribution in [1.82, 2.24) is 0 Å². The predicted molar refractivity (Wildman–Crippen MR) is 56.5 cm³/mol. The van der Waals surface area contributed by atoms with E-state index in [9.17, 15) is 0 Å². The molecule has 4 heteroatoms. The van der Waals surface area contributed by atoms with Crippen molar-refractivity contribution in [2.24, 2.45) is 0 Å². The first-order valence-electron chi connectivity index (χ1n) is 5.33. The zero-order valence-corrected chi connectivity index (χ0v) is 9.48. The molecule has 0 aliphatic carbocycles. The molecule has 0 bridgehead atoms. The minimum absolute atomic E-state index is 0.0924. The van der Waals surface area contributed by atoms with Crippen molar-refractivity contribution in [2.45, 2.75) is 32.0 Å². The van der Waals surface area contributed by atoms with Crippen LogP contribution in [0.1, 0.15) is 19.8 Å². The Morgan fingerprint density at radius 2 is 2.27 bits per heavy atom. The van der Waals surface area contributed by atoms with Crippen molar-refractivity contribution < 1.29 is 18.9 Å². The molecule has 0 unspecified atom stereocenters. The number of rotatable bonds is 6. The summed E-state index contributed by atoms with van der Waals surface area (Å²) in [5.41, 5.74) is 0. The molecule has 0 aromatic carbocycles. The minimum atomic E-state index is 0.0924. The Morgan fingerprint density at radius 3 is 3.07 bits per heavy atom. The lowest BCUT2D eigenvalue weighted by Gasteiger charge is -2.21. The second kappa shape index (κ2) is 7.68. The highest BCUT2D eigenvalue weighted by atomic mass is 16.7. The van der Waals surface area contributed by atoms with Crippen molar-refractivity contribution in [3.8, 4) is 0 Å². The van der Waals surface area contributed by atoms with Gasteiger partial charge in [0.1, 0.15) is 12.9 Å². The fourth-order valence-electron chi connectivity index (χ4n) is 1.39. The molecule has 0 saturated heterocycles. The van der Waals surface area contributed by atoms with E-state index >= 15 is 0 Å². The van der Waals surface area contributed by atoms with Gasteiger partial charge in [0.25, 0.3) is 0 Å². The van der Waals surface area contributed by atoms with E-state index in [2.05, 4.69) is 0 Å². The van der Waals surface area contributed by atoms with Crippen LogP contribution in [0.25, 0.3) is 0 Å². The SMILES string of the molecule is COCCOCO[C@@H]1CCC=CO[C@H]1C. The fourth-order valence-corrected chi connectivity index (χ4v) is 1.39. The first-order chi connectivity index (χ1) is 7.34. The molecule has 15 heavy (non-hydrogen) atoms. The van der Waals surface area contributed by atoms with E-state index in [0.717, 1.165) is 12.8 Å². The van der Waals surface area contributed by atoms with Gasteiger partial charge in [0, 0.05) is 7.11 Å². The molecule has 1 aliphatic heterocycles. The van der Waals surface area contributed by atoms with E-state index in [1.807, 2.05) is 13.0 Å². The topological polar surface area (TPSA) is 36.9 Å². The summed E-state index contributed by atoms with van der Waals surface area (Å²) in [4.78, 5) is 0. The van der Waals surface area contributed by atoms with Crippen LogP contribution < -0.4 is 0 Å². The van der Waals surface area contributed by atoms with Gasteiger partial charge >= 0.3 is 0 Å². The molecule has 0 amide bonds. The summed E-state index contributed by atoms with van der Waals surface area (Å²) in [6.07, 6.45) is 5.95. The number of methoxy groups -OCH3 is 1. The molecule has 0 spiro atoms. The van der Waals surface area contributed by atoms with E-state index in [1.165, 1.54) is 0 Å². The summed E-state index contributed by atoms with van der Waals surface area (Å²) in [6, 6.07) is 0. The van der Waals surface area contributed by atoms with E-state index in [4.69, 9.17) is 18.9 Å². The summed E-state index contributed by atoms with van der Waals surface area (Å²) in [6.45, 7) is 3.48. The van der Waals surface area contributed by atoms with Gasteiger partial charge < -0.3 is 18.9 Å². The summed E-state index contributed by atoms with van der Waals surface area (Å²) in [5.74, 6) is 0. The first-order valence-corrected chi connectivity index (χ1v) is 5.33. The highest BCUT2D eigenvalue weighted by Gasteiger charge is 2.19. The Hall–Kier alpha value is -0.580. The number of allylic oxidation sites excluding steroid dienone is 1. The van der Waals surface area contributed by atoms with Crippen molar-refractivity contribution in [3.05, 3.63) is 12.3 Å². The summed E-state index contributed by atoms with van der Waals surface area (Å²) < 4.78 is 21.1. The van der Waals surface area contributed by atoms with Crippen molar-refractivity contribution in [2.75, 3.05) is 27.1 Å². The van der Waals surface area contributed by atoms with E-state index in [-0.39, 0.29) is 12.2 Å². The monoisotopic (exact) mass is 216 g/mol. The number of ether oxygens (including phenoxy) is 4. The summed E-state index contributed by atoms with van der Waals surface area (Å²) >= 11 is 0. The average Bonchev–Trinajstić information content (AvgIpc) is 2.44. The van der Waals surface area contributed by atoms with Crippen LogP contribution >= 0.6 is 0 Å². The molecule has 88 valence electrons. The van der Waals surface area contributed by atoms with Gasteiger partial charge in [-0.05, 0) is 25.8 Å². The van der Waals surface area contributed by atoms with Gasteiger partial charge in [-0.25, -0.2) is 0 Å². The smallest absolute Gasteiger partial charge is 0.147 e. The van der Waals surface area contributed by atoms with Crippen molar-refractivity contribution in [3.63, 3.8) is 0 Å². The zero-order valence-electron chi connectivity index (χ0n) is 9.48. The normalized spacial score (nSPS) is 26.0. The Bertz CT molecular complexity index is 181. The van der Waals surface area contributed by atoms with Crippen LogP contribution in [0.2, 0.25) is 0 Å². The molecule has 1 rings (SSSR count). The minimum Gasteiger partial charge on any atom is -0.496 e. The predicted octanol–water partition coefficient (Wildman–Crippen LogP) is 1.70. The molecule has 0 aromatic heterocycles. The molecular formula is C11H20O4. The van der Waals surface area contributed by atoms with Crippen LogP contribution in [0, 0.1) is 0 Å². The van der Waals surface area contributed by atoms with Crippen LogP contribution in [0.3, 0.4) is 0 Å². The highest BCUT2D eigenvalue weighted by molar-refractivity contribution is 4.83. The van der Waals surface area contributed by atoms with Crippen LogP contribution in [0.15, 0.2) is 12.3 Å².